The number of phenols is 1. The Morgan fingerprint density at radius 1 is 1.21 bits per heavy atom. The fourth-order valence-corrected chi connectivity index (χ4v) is 1.98. The summed E-state index contributed by atoms with van der Waals surface area (Å²) in [5.74, 6) is 0.129. The summed E-state index contributed by atoms with van der Waals surface area (Å²) in [4.78, 5) is 5.11. The molecule has 2 aromatic rings. The van der Waals surface area contributed by atoms with E-state index >= 15 is 0 Å². The molecule has 3 nitrogen and oxygen atoms in total. The van der Waals surface area contributed by atoms with Crippen LogP contribution in [0.25, 0.3) is 0 Å². The first-order chi connectivity index (χ1) is 9.19. The molecule has 94 valence electrons. The third kappa shape index (κ3) is 3.75. The topological polar surface area (TPSA) is 56.4 Å². The van der Waals surface area contributed by atoms with Gasteiger partial charge < -0.3 is 5.11 Å². The minimum atomic E-state index is 0.129. The van der Waals surface area contributed by atoms with Crippen molar-refractivity contribution in [2.75, 3.05) is 0 Å². The van der Waals surface area contributed by atoms with E-state index in [9.17, 15) is 5.11 Å². The lowest BCUT2D eigenvalue weighted by molar-refractivity contribution is 0.474. The lowest BCUT2D eigenvalue weighted by atomic mass is 10.2. The van der Waals surface area contributed by atoms with E-state index in [4.69, 9.17) is 16.9 Å². The Balaban J connectivity index is 2.18. The number of hydrogen-bond donors (Lipinski definition) is 1. The van der Waals surface area contributed by atoms with Crippen molar-refractivity contribution < 1.29 is 5.11 Å². The quantitative estimate of drug-likeness (QED) is 0.518. The monoisotopic (exact) mass is 288 g/mol. The van der Waals surface area contributed by atoms with Crippen molar-refractivity contribution in [1.29, 1.82) is 5.26 Å². The molecular weight excluding hydrogens is 280 g/mol. The number of thioether (sulfide) groups is 1. The van der Waals surface area contributed by atoms with Gasteiger partial charge in [-0.25, -0.2) is 0 Å². The molecule has 5 heteroatoms. The first-order valence-electron chi connectivity index (χ1n) is 5.37. The number of nitrogens with zero attached hydrogens (tertiary/aromatic N) is 2. The molecule has 0 unspecified atom stereocenters. The Morgan fingerprint density at radius 2 is 1.95 bits per heavy atom. The highest BCUT2D eigenvalue weighted by Gasteiger charge is 1.99. The SMILES string of the molecule is N#CSc1ccc(N=Cc2cc(Cl)ccc2O)cc1. The zero-order chi connectivity index (χ0) is 13.7. The molecule has 0 aliphatic rings. The lowest BCUT2D eigenvalue weighted by Crippen LogP contribution is -1.82. The van der Waals surface area contributed by atoms with E-state index in [1.165, 1.54) is 6.07 Å². The van der Waals surface area contributed by atoms with E-state index in [0.29, 0.717) is 10.6 Å². The van der Waals surface area contributed by atoms with E-state index in [1.807, 2.05) is 17.5 Å². The van der Waals surface area contributed by atoms with Crippen molar-refractivity contribution >= 4 is 35.3 Å². The van der Waals surface area contributed by atoms with Crippen molar-refractivity contribution in [2.24, 2.45) is 4.99 Å². The van der Waals surface area contributed by atoms with Gasteiger partial charge >= 0.3 is 0 Å². The molecule has 19 heavy (non-hydrogen) atoms. The number of hydrogen-bond acceptors (Lipinski definition) is 4. The average molecular weight is 289 g/mol. The Morgan fingerprint density at radius 3 is 2.63 bits per heavy atom. The molecule has 0 spiro atoms. The summed E-state index contributed by atoms with van der Waals surface area (Å²) in [6.07, 6.45) is 1.55. The van der Waals surface area contributed by atoms with Gasteiger partial charge in [0.05, 0.1) is 5.69 Å². The number of nitriles is 1. The first-order valence-corrected chi connectivity index (χ1v) is 6.57. The van der Waals surface area contributed by atoms with Crippen molar-refractivity contribution in [3.63, 3.8) is 0 Å². The maximum absolute atomic E-state index is 9.64. The van der Waals surface area contributed by atoms with Crippen LogP contribution in [0.15, 0.2) is 52.4 Å². The molecule has 0 radical (unpaired) electrons. The number of aromatic hydroxyl groups is 1. The number of thiocyanates is 1. The normalized spacial score (nSPS) is 10.5. The molecule has 0 heterocycles. The highest BCUT2D eigenvalue weighted by Crippen LogP contribution is 2.23. The Labute approximate surface area is 120 Å². The number of halogens is 1. The zero-order valence-electron chi connectivity index (χ0n) is 9.75. The van der Waals surface area contributed by atoms with Crippen molar-refractivity contribution in [2.45, 2.75) is 4.90 Å². The average Bonchev–Trinajstić information content (AvgIpc) is 2.42. The molecule has 2 aromatic carbocycles. The minimum absolute atomic E-state index is 0.129. The molecular formula is C14H9ClN2OS. The van der Waals surface area contributed by atoms with Gasteiger partial charge in [-0.3, -0.25) is 4.99 Å². The maximum atomic E-state index is 9.64. The summed E-state index contributed by atoms with van der Waals surface area (Å²) in [7, 11) is 0. The van der Waals surface area contributed by atoms with E-state index in [-0.39, 0.29) is 5.75 Å². The molecule has 0 bridgehead atoms. The fourth-order valence-electron chi connectivity index (χ4n) is 1.43. The molecule has 0 aliphatic heterocycles. The van der Waals surface area contributed by atoms with Gasteiger partial charge in [0.15, 0.2) is 0 Å². The van der Waals surface area contributed by atoms with E-state index in [1.54, 1.807) is 30.5 Å². The van der Waals surface area contributed by atoms with Gasteiger partial charge in [-0.1, -0.05) is 11.6 Å². The van der Waals surface area contributed by atoms with Gasteiger partial charge in [0, 0.05) is 21.7 Å². The van der Waals surface area contributed by atoms with Crippen molar-refractivity contribution in [1.82, 2.24) is 0 Å². The Kier molecular flexibility index (Phi) is 4.45. The van der Waals surface area contributed by atoms with Gasteiger partial charge in [-0.15, -0.1) is 0 Å². The fraction of sp³-hybridized carbons (Fsp3) is 0. The van der Waals surface area contributed by atoms with Gasteiger partial charge in [-0.2, -0.15) is 5.26 Å². The first kappa shape index (κ1) is 13.5. The molecule has 0 aromatic heterocycles. The zero-order valence-corrected chi connectivity index (χ0v) is 11.3. The van der Waals surface area contributed by atoms with Crippen LogP contribution in [-0.2, 0) is 0 Å². The summed E-state index contributed by atoms with van der Waals surface area (Å²) < 4.78 is 0. The lowest BCUT2D eigenvalue weighted by Gasteiger charge is -1.99. The van der Waals surface area contributed by atoms with E-state index in [2.05, 4.69) is 4.99 Å². The van der Waals surface area contributed by atoms with Gasteiger partial charge in [0.25, 0.3) is 0 Å². The van der Waals surface area contributed by atoms with Crippen LogP contribution in [0.1, 0.15) is 5.56 Å². The van der Waals surface area contributed by atoms with Gasteiger partial charge in [0.1, 0.15) is 11.2 Å². The number of benzene rings is 2. The largest absolute Gasteiger partial charge is 0.507 e. The van der Waals surface area contributed by atoms with Crippen LogP contribution in [-0.4, -0.2) is 11.3 Å². The van der Waals surface area contributed by atoms with Crippen LogP contribution in [0, 0.1) is 10.7 Å². The third-order valence-corrected chi connectivity index (χ3v) is 3.18. The van der Waals surface area contributed by atoms with Crippen LogP contribution in [0.5, 0.6) is 5.75 Å². The smallest absolute Gasteiger partial charge is 0.138 e. The second kappa shape index (κ2) is 6.28. The summed E-state index contributed by atoms with van der Waals surface area (Å²) in [5, 5.41) is 20.7. The number of rotatable bonds is 3. The minimum Gasteiger partial charge on any atom is -0.507 e. The van der Waals surface area contributed by atoms with Crippen LogP contribution in [0.3, 0.4) is 0 Å². The predicted octanol–water partition coefficient (Wildman–Crippen LogP) is 4.37. The maximum Gasteiger partial charge on any atom is 0.138 e. The van der Waals surface area contributed by atoms with Crippen molar-refractivity contribution in [3.05, 3.63) is 53.1 Å². The number of phenolic OH excluding ortho intramolecular Hbond substituents is 1. The van der Waals surface area contributed by atoms with E-state index < -0.39 is 0 Å². The summed E-state index contributed by atoms with van der Waals surface area (Å²) in [6, 6.07) is 12.0. The molecule has 0 atom stereocenters. The molecule has 2 rings (SSSR count). The van der Waals surface area contributed by atoms with Crippen LogP contribution in [0.4, 0.5) is 5.69 Å². The Hall–Kier alpha value is -1.96. The molecule has 0 fully saturated rings. The van der Waals surface area contributed by atoms with Crippen molar-refractivity contribution in [3.8, 4) is 11.2 Å². The summed E-state index contributed by atoms with van der Waals surface area (Å²) in [5.41, 5.74) is 1.30. The summed E-state index contributed by atoms with van der Waals surface area (Å²) >= 11 is 6.95. The molecule has 0 saturated carbocycles. The molecule has 0 aliphatic carbocycles. The van der Waals surface area contributed by atoms with E-state index in [0.717, 1.165) is 22.3 Å². The van der Waals surface area contributed by atoms with Crippen LogP contribution >= 0.6 is 23.4 Å². The Bertz CT molecular complexity index is 647. The molecule has 0 amide bonds. The van der Waals surface area contributed by atoms with Gasteiger partial charge in [0.2, 0.25) is 0 Å². The highest BCUT2D eigenvalue weighted by molar-refractivity contribution is 8.03. The molecule has 1 N–H and O–H groups in total. The number of aliphatic imine (C=N–C) groups is 1. The predicted molar refractivity (Wildman–Crippen MR) is 78.3 cm³/mol. The van der Waals surface area contributed by atoms with Gasteiger partial charge in [-0.05, 0) is 54.2 Å². The highest BCUT2D eigenvalue weighted by atomic mass is 35.5. The van der Waals surface area contributed by atoms with Crippen LogP contribution < -0.4 is 0 Å². The van der Waals surface area contributed by atoms with Crippen LogP contribution in [0.2, 0.25) is 5.02 Å². The second-order valence-corrected chi connectivity index (χ2v) is 4.94. The summed E-state index contributed by atoms with van der Waals surface area (Å²) in [6.45, 7) is 0. The molecule has 0 saturated heterocycles. The second-order valence-electron chi connectivity index (χ2n) is 3.65. The third-order valence-electron chi connectivity index (χ3n) is 2.34. The standard InChI is InChI=1S/C14H9ClN2OS/c15-11-1-6-14(18)10(7-11)8-17-12-2-4-13(5-3-12)19-9-16/h1-8,18H.